The van der Waals surface area contributed by atoms with Gasteiger partial charge < -0.3 is 5.32 Å². The Morgan fingerprint density at radius 2 is 1.72 bits per heavy atom. The third-order valence-corrected chi connectivity index (χ3v) is 3.62. The zero-order valence-corrected chi connectivity index (χ0v) is 11.2. The van der Waals surface area contributed by atoms with Crippen molar-refractivity contribution >= 4 is 35.5 Å². The first-order chi connectivity index (χ1) is 8.36. The normalized spacial score (nSPS) is 17.4. The SMILES string of the molecule is CC(=O)NCCSC1C(=O)N(C)C(=O)N(C)C1=O. The molecule has 0 spiro atoms. The zero-order valence-electron chi connectivity index (χ0n) is 10.4. The van der Waals surface area contributed by atoms with Crippen molar-refractivity contribution in [1.29, 1.82) is 0 Å². The van der Waals surface area contributed by atoms with E-state index in [0.717, 1.165) is 21.6 Å². The first kappa shape index (κ1) is 14.5. The summed E-state index contributed by atoms with van der Waals surface area (Å²) in [6.07, 6.45) is 0. The van der Waals surface area contributed by atoms with Crippen LogP contribution in [0.4, 0.5) is 4.79 Å². The van der Waals surface area contributed by atoms with Crippen LogP contribution >= 0.6 is 11.8 Å². The van der Waals surface area contributed by atoms with Crippen LogP contribution in [-0.2, 0) is 14.4 Å². The van der Waals surface area contributed by atoms with Gasteiger partial charge in [-0.15, -0.1) is 11.8 Å². The van der Waals surface area contributed by atoms with Gasteiger partial charge in [-0.3, -0.25) is 24.2 Å². The summed E-state index contributed by atoms with van der Waals surface area (Å²) < 4.78 is 0. The number of rotatable bonds is 4. The summed E-state index contributed by atoms with van der Waals surface area (Å²) in [5.74, 6) is -0.773. The number of hydrogen-bond acceptors (Lipinski definition) is 5. The largest absolute Gasteiger partial charge is 0.356 e. The molecule has 1 aliphatic rings. The van der Waals surface area contributed by atoms with Crippen molar-refractivity contribution < 1.29 is 19.2 Å². The average molecular weight is 273 g/mol. The van der Waals surface area contributed by atoms with Crippen LogP contribution in [0.1, 0.15) is 6.92 Å². The number of urea groups is 1. The summed E-state index contributed by atoms with van der Waals surface area (Å²) in [5, 5.41) is 1.66. The van der Waals surface area contributed by atoms with Gasteiger partial charge in [0.05, 0.1) is 0 Å². The molecule has 1 fully saturated rings. The van der Waals surface area contributed by atoms with Crippen molar-refractivity contribution in [1.82, 2.24) is 15.1 Å². The number of amides is 5. The van der Waals surface area contributed by atoms with Crippen molar-refractivity contribution in [2.75, 3.05) is 26.4 Å². The second-order valence-corrected chi connectivity index (χ2v) is 5.02. The predicted octanol–water partition coefficient (Wildman–Crippen LogP) is -0.725. The fourth-order valence-electron chi connectivity index (χ4n) is 1.42. The van der Waals surface area contributed by atoms with Gasteiger partial charge in [0.2, 0.25) is 5.91 Å². The molecule has 0 aliphatic carbocycles. The highest BCUT2D eigenvalue weighted by Crippen LogP contribution is 2.20. The van der Waals surface area contributed by atoms with Gasteiger partial charge in [0.15, 0.2) is 5.25 Å². The smallest absolute Gasteiger partial charge is 0.332 e. The summed E-state index contributed by atoms with van der Waals surface area (Å²) in [4.78, 5) is 47.5. The van der Waals surface area contributed by atoms with Gasteiger partial charge in [0.1, 0.15) is 0 Å². The van der Waals surface area contributed by atoms with Crippen molar-refractivity contribution in [2.45, 2.75) is 12.2 Å². The second kappa shape index (κ2) is 5.85. The van der Waals surface area contributed by atoms with E-state index in [9.17, 15) is 19.2 Å². The molecule has 1 heterocycles. The number of barbiturate groups is 1. The summed E-state index contributed by atoms with van der Waals surface area (Å²) in [7, 11) is 2.68. The highest BCUT2D eigenvalue weighted by Gasteiger charge is 2.42. The van der Waals surface area contributed by atoms with Crippen LogP contribution in [-0.4, -0.2) is 65.2 Å². The van der Waals surface area contributed by atoms with Crippen LogP contribution in [0.5, 0.6) is 0 Å². The Bertz CT molecular complexity index is 375. The maximum atomic E-state index is 11.8. The minimum atomic E-state index is -0.911. The maximum absolute atomic E-state index is 11.8. The van der Waals surface area contributed by atoms with Crippen LogP contribution < -0.4 is 5.32 Å². The van der Waals surface area contributed by atoms with Crippen LogP contribution in [0.25, 0.3) is 0 Å². The molecule has 18 heavy (non-hydrogen) atoms. The van der Waals surface area contributed by atoms with Crippen molar-refractivity contribution in [3.05, 3.63) is 0 Å². The molecule has 1 rings (SSSR count). The molecule has 0 saturated carbocycles. The van der Waals surface area contributed by atoms with E-state index < -0.39 is 23.1 Å². The molecule has 0 aromatic rings. The first-order valence-corrected chi connectivity index (χ1v) is 6.36. The number of hydrogen-bond donors (Lipinski definition) is 1. The molecule has 1 saturated heterocycles. The molecular weight excluding hydrogens is 258 g/mol. The van der Waals surface area contributed by atoms with E-state index >= 15 is 0 Å². The van der Waals surface area contributed by atoms with E-state index in [1.54, 1.807) is 0 Å². The fraction of sp³-hybridized carbons (Fsp3) is 0.600. The van der Waals surface area contributed by atoms with Gasteiger partial charge in [-0.05, 0) is 0 Å². The summed E-state index contributed by atoms with van der Waals surface area (Å²) in [6, 6.07) is -0.622. The van der Waals surface area contributed by atoms with E-state index in [4.69, 9.17) is 0 Å². The molecule has 0 radical (unpaired) electrons. The van der Waals surface area contributed by atoms with Crippen LogP contribution in [0, 0.1) is 0 Å². The molecule has 1 N–H and O–H groups in total. The number of nitrogens with one attached hydrogen (secondary N) is 1. The minimum absolute atomic E-state index is 0.165. The van der Waals surface area contributed by atoms with Gasteiger partial charge in [-0.1, -0.05) is 0 Å². The molecule has 100 valence electrons. The number of thioether (sulfide) groups is 1. The lowest BCUT2D eigenvalue weighted by Gasteiger charge is -2.32. The van der Waals surface area contributed by atoms with Gasteiger partial charge in [0.25, 0.3) is 11.8 Å². The molecule has 0 bridgehead atoms. The fourth-order valence-corrected chi connectivity index (χ4v) is 2.47. The molecule has 8 heteroatoms. The summed E-state index contributed by atoms with van der Waals surface area (Å²) >= 11 is 1.12. The summed E-state index contributed by atoms with van der Waals surface area (Å²) in [6.45, 7) is 1.76. The Balaban J connectivity index is 2.58. The zero-order chi connectivity index (χ0) is 13.9. The second-order valence-electron chi connectivity index (χ2n) is 3.81. The standard InChI is InChI=1S/C10H15N3O4S/c1-6(14)11-4-5-18-7-8(15)12(2)10(17)13(3)9(7)16/h7H,4-5H2,1-3H3,(H,11,14). The van der Waals surface area contributed by atoms with E-state index in [0.29, 0.717) is 12.3 Å². The Labute approximate surface area is 109 Å². The Kier molecular flexibility index (Phi) is 4.71. The highest BCUT2D eigenvalue weighted by molar-refractivity contribution is 8.01. The monoisotopic (exact) mass is 273 g/mol. The molecule has 5 amide bonds. The Morgan fingerprint density at radius 1 is 1.22 bits per heavy atom. The lowest BCUT2D eigenvalue weighted by Crippen LogP contribution is -2.58. The van der Waals surface area contributed by atoms with Gasteiger partial charge >= 0.3 is 6.03 Å². The average Bonchev–Trinajstić information content (AvgIpc) is 2.32. The number of carbonyl (C=O) groups is 4. The molecular formula is C10H15N3O4S. The molecule has 1 aliphatic heterocycles. The molecule has 0 aromatic carbocycles. The van der Waals surface area contributed by atoms with Crippen LogP contribution in [0.2, 0.25) is 0 Å². The molecule has 0 unspecified atom stereocenters. The summed E-state index contributed by atoms with van der Waals surface area (Å²) in [5.41, 5.74) is 0. The lowest BCUT2D eigenvalue weighted by atomic mass is 10.3. The highest BCUT2D eigenvalue weighted by atomic mass is 32.2. The molecule has 7 nitrogen and oxygen atoms in total. The van der Waals surface area contributed by atoms with Crippen molar-refractivity contribution in [3.63, 3.8) is 0 Å². The Morgan fingerprint density at radius 3 is 2.17 bits per heavy atom. The third-order valence-electron chi connectivity index (χ3n) is 2.44. The quantitative estimate of drug-likeness (QED) is 0.539. The third kappa shape index (κ3) is 3.00. The molecule has 0 aromatic heterocycles. The minimum Gasteiger partial charge on any atom is -0.356 e. The Hall–Kier alpha value is -1.57. The van der Waals surface area contributed by atoms with Crippen molar-refractivity contribution in [3.8, 4) is 0 Å². The van der Waals surface area contributed by atoms with Crippen molar-refractivity contribution in [2.24, 2.45) is 0 Å². The lowest BCUT2D eigenvalue weighted by molar-refractivity contribution is -0.139. The number of nitrogens with zero attached hydrogens (tertiary/aromatic N) is 2. The first-order valence-electron chi connectivity index (χ1n) is 5.31. The van der Waals surface area contributed by atoms with Gasteiger partial charge in [-0.25, -0.2) is 4.79 Å². The number of imide groups is 2. The topological polar surface area (TPSA) is 86.8 Å². The maximum Gasteiger partial charge on any atom is 0.332 e. The van der Waals surface area contributed by atoms with Crippen LogP contribution in [0.3, 0.4) is 0 Å². The van der Waals surface area contributed by atoms with Gasteiger partial charge in [0, 0.05) is 33.3 Å². The van der Waals surface area contributed by atoms with E-state index in [1.807, 2.05) is 0 Å². The van der Waals surface area contributed by atoms with E-state index in [1.165, 1.54) is 21.0 Å². The molecule has 0 atom stereocenters. The predicted molar refractivity (Wildman–Crippen MR) is 65.9 cm³/mol. The van der Waals surface area contributed by atoms with E-state index in [-0.39, 0.29) is 5.91 Å². The number of carbonyl (C=O) groups excluding carboxylic acids is 4. The van der Waals surface area contributed by atoms with Crippen LogP contribution in [0.15, 0.2) is 0 Å². The van der Waals surface area contributed by atoms with Gasteiger partial charge in [-0.2, -0.15) is 0 Å². The van der Waals surface area contributed by atoms with E-state index in [2.05, 4.69) is 5.32 Å².